The second kappa shape index (κ2) is 5.97. The third-order valence-corrected chi connectivity index (χ3v) is 3.16. The van der Waals surface area contributed by atoms with Gasteiger partial charge in [0, 0.05) is 26.1 Å². The highest BCUT2D eigenvalue weighted by atomic mass is 35.5. The van der Waals surface area contributed by atoms with Crippen molar-refractivity contribution < 1.29 is 4.52 Å². The first-order chi connectivity index (χ1) is 8.72. The van der Waals surface area contributed by atoms with Crippen molar-refractivity contribution in [2.24, 2.45) is 0 Å². The van der Waals surface area contributed by atoms with Crippen LogP contribution in [0.5, 0.6) is 0 Å². The lowest BCUT2D eigenvalue weighted by Gasteiger charge is -2.06. The predicted molar refractivity (Wildman–Crippen MR) is 67.4 cm³/mol. The van der Waals surface area contributed by atoms with Crippen LogP contribution < -0.4 is 5.32 Å². The van der Waals surface area contributed by atoms with Crippen LogP contribution in [0.2, 0.25) is 5.02 Å². The van der Waals surface area contributed by atoms with Crippen LogP contribution in [-0.2, 0) is 19.5 Å². The maximum absolute atomic E-state index is 6.21. The number of halogens is 1. The van der Waals surface area contributed by atoms with Gasteiger partial charge in [-0.15, -0.1) is 0 Å². The fraction of sp³-hybridized carbons (Fsp3) is 0.545. The molecule has 0 spiro atoms. The van der Waals surface area contributed by atoms with Crippen molar-refractivity contribution in [3.05, 3.63) is 28.6 Å². The van der Waals surface area contributed by atoms with Gasteiger partial charge in [-0.3, -0.25) is 4.68 Å². The Morgan fingerprint density at radius 3 is 3.00 bits per heavy atom. The van der Waals surface area contributed by atoms with E-state index in [-0.39, 0.29) is 0 Å². The molecule has 0 aliphatic carbocycles. The molecular formula is C11H16ClN5O. The fourth-order valence-corrected chi connectivity index (χ4v) is 1.95. The SMILES string of the molecule is CCn1nc(C)c(Cl)c1CNCCc1ncno1. The molecule has 2 heterocycles. The van der Waals surface area contributed by atoms with Gasteiger partial charge in [0.25, 0.3) is 0 Å². The lowest BCUT2D eigenvalue weighted by molar-refractivity contribution is 0.374. The maximum atomic E-state index is 6.21. The van der Waals surface area contributed by atoms with Gasteiger partial charge in [0.1, 0.15) is 0 Å². The van der Waals surface area contributed by atoms with Crippen LogP contribution in [0.3, 0.4) is 0 Å². The van der Waals surface area contributed by atoms with Crippen molar-refractivity contribution in [2.45, 2.75) is 33.4 Å². The molecule has 0 aliphatic rings. The van der Waals surface area contributed by atoms with E-state index >= 15 is 0 Å². The molecule has 6 nitrogen and oxygen atoms in total. The lowest BCUT2D eigenvalue weighted by atomic mass is 10.3. The lowest BCUT2D eigenvalue weighted by Crippen LogP contribution is -2.19. The Hall–Kier alpha value is -1.40. The van der Waals surface area contributed by atoms with Crippen molar-refractivity contribution in [2.75, 3.05) is 6.54 Å². The molecule has 2 aromatic rings. The molecule has 98 valence electrons. The molecule has 1 N–H and O–H groups in total. The van der Waals surface area contributed by atoms with E-state index < -0.39 is 0 Å². The summed E-state index contributed by atoms with van der Waals surface area (Å²) in [6.45, 7) is 6.21. The Balaban J connectivity index is 1.86. The van der Waals surface area contributed by atoms with E-state index in [2.05, 4.69) is 20.6 Å². The molecule has 0 aromatic carbocycles. The number of aryl methyl sites for hydroxylation is 2. The molecule has 0 aliphatic heterocycles. The minimum Gasteiger partial charge on any atom is -0.340 e. The Bertz CT molecular complexity index is 494. The highest BCUT2D eigenvalue weighted by Crippen LogP contribution is 2.19. The molecule has 0 bridgehead atoms. The van der Waals surface area contributed by atoms with Crippen LogP contribution >= 0.6 is 11.6 Å². The van der Waals surface area contributed by atoms with E-state index in [4.69, 9.17) is 16.1 Å². The van der Waals surface area contributed by atoms with Gasteiger partial charge in [-0.25, -0.2) is 0 Å². The molecule has 2 aromatic heterocycles. The van der Waals surface area contributed by atoms with E-state index in [0.717, 1.165) is 29.5 Å². The Kier molecular flexibility index (Phi) is 4.33. The van der Waals surface area contributed by atoms with Gasteiger partial charge in [0.05, 0.1) is 16.4 Å². The summed E-state index contributed by atoms with van der Waals surface area (Å²) in [7, 11) is 0. The molecule has 0 saturated carbocycles. The summed E-state index contributed by atoms with van der Waals surface area (Å²) in [5.74, 6) is 0.633. The van der Waals surface area contributed by atoms with E-state index in [9.17, 15) is 0 Å². The zero-order valence-corrected chi connectivity index (χ0v) is 11.2. The van der Waals surface area contributed by atoms with Gasteiger partial charge in [-0.05, 0) is 13.8 Å². The summed E-state index contributed by atoms with van der Waals surface area (Å²) >= 11 is 6.21. The first-order valence-corrected chi connectivity index (χ1v) is 6.28. The highest BCUT2D eigenvalue weighted by Gasteiger charge is 2.11. The van der Waals surface area contributed by atoms with Crippen LogP contribution in [0.1, 0.15) is 24.2 Å². The van der Waals surface area contributed by atoms with Crippen molar-refractivity contribution in [3.8, 4) is 0 Å². The zero-order chi connectivity index (χ0) is 13.0. The second-order valence-corrected chi connectivity index (χ2v) is 4.30. The smallest absolute Gasteiger partial charge is 0.227 e. The maximum Gasteiger partial charge on any atom is 0.227 e. The van der Waals surface area contributed by atoms with Gasteiger partial charge in [0.2, 0.25) is 5.89 Å². The van der Waals surface area contributed by atoms with E-state index in [1.54, 1.807) is 0 Å². The molecular weight excluding hydrogens is 254 g/mol. The Labute approximate surface area is 110 Å². The third-order valence-electron chi connectivity index (χ3n) is 2.67. The number of hydrogen-bond donors (Lipinski definition) is 1. The summed E-state index contributed by atoms with van der Waals surface area (Å²) in [4.78, 5) is 3.95. The van der Waals surface area contributed by atoms with Gasteiger partial charge >= 0.3 is 0 Å². The number of nitrogens with zero attached hydrogens (tertiary/aromatic N) is 4. The van der Waals surface area contributed by atoms with Gasteiger partial charge < -0.3 is 9.84 Å². The molecule has 0 fully saturated rings. The number of nitrogens with one attached hydrogen (secondary N) is 1. The Morgan fingerprint density at radius 1 is 1.50 bits per heavy atom. The van der Waals surface area contributed by atoms with Gasteiger partial charge in [0.15, 0.2) is 6.33 Å². The Morgan fingerprint density at radius 2 is 2.33 bits per heavy atom. The van der Waals surface area contributed by atoms with Crippen LogP contribution in [0, 0.1) is 6.92 Å². The number of rotatable bonds is 6. The van der Waals surface area contributed by atoms with Crippen molar-refractivity contribution in [1.29, 1.82) is 0 Å². The minimum atomic E-state index is 0.633. The third kappa shape index (κ3) is 2.88. The predicted octanol–water partition coefficient (Wildman–Crippen LogP) is 1.58. The largest absolute Gasteiger partial charge is 0.340 e. The monoisotopic (exact) mass is 269 g/mol. The molecule has 0 atom stereocenters. The summed E-state index contributed by atoms with van der Waals surface area (Å²) < 4.78 is 6.83. The molecule has 0 saturated heterocycles. The normalized spacial score (nSPS) is 11.1. The number of hydrogen-bond acceptors (Lipinski definition) is 5. The molecule has 0 radical (unpaired) electrons. The summed E-state index contributed by atoms with van der Waals surface area (Å²) in [5.41, 5.74) is 1.88. The minimum absolute atomic E-state index is 0.633. The second-order valence-electron chi connectivity index (χ2n) is 3.92. The van der Waals surface area contributed by atoms with Crippen molar-refractivity contribution >= 4 is 11.6 Å². The summed E-state index contributed by atoms with van der Waals surface area (Å²) in [5, 5.41) is 11.9. The van der Waals surface area contributed by atoms with Crippen LogP contribution in [0.4, 0.5) is 0 Å². The molecule has 18 heavy (non-hydrogen) atoms. The topological polar surface area (TPSA) is 68.8 Å². The average Bonchev–Trinajstić information content (AvgIpc) is 2.96. The molecule has 0 unspecified atom stereocenters. The summed E-state index contributed by atoms with van der Waals surface area (Å²) in [6, 6.07) is 0. The van der Waals surface area contributed by atoms with Crippen molar-refractivity contribution in [1.82, 2.24) is 25.2 Å². The first-order valence-electron chi connectivity index (χ1n) is 5.90. The number of aromatic nitrogens is 4. The van der Waals surface area contributed by atoms with Crippen molar-refractivity contribution in [3.63, 3.8) is 0 Å². The van der Waals surface area contributed by atoms with E-state index in [1.165, 1.54) is 6.33 Å². The zero-order valence-electron chi connectivity index (χ0n) is 10.5. The average molecular weight is 270 g/mol. The van der Waals surface area contributed by atoms with Gasteiger partial charge in [-0.1, -0.05) is 16.8 Å². The highest BCUT2D eigenvalue weighted by molar-refractivity contribution is 6.31. The standard InChI is InChI=1S/C11H16ClN5O/c1-3-17-9(11(12)8(2)16-17)6-13-5-4-10-14-7-15-18-10/h7,13H,3-6H2,1-2H3. The van der Waals surface area contributed by atoms with E-state index in [0.29, 0.717) is 18.9 Å². The summed E-state index contributed by atoms with van der Waals surface area (Å²) in [6.07, 6.45) is 2.11. The quantitative estimate of drug-likeness (QED) is 0.807. The molecule has 0 amide bonds. The first kappa shape index (κ1) is 13.0. The van der Waals surface area contributed by atoms with Crippen LogP contribution in [-0.4, -0.2) is 26.5 Å². The van der Waals surface area contributed by atoms with E-state index in [1.807, 2.05) is 18.5 Å². The molecule has 2 rings (SSSR count). The van der Waals surface area contributed by atoms with Crippen LogP contribution in [0.15, 0.2) is 10.9 Å². The van der Waals surface area contributed by atoms with Gasteiger partial charge in [-0.2, -0.15) is 10.1 Å². The van der Waals surface area contributed by atoms with Crippen LogP contribution in [0.25, 0.3) is 0 Å². The molecule has 7 heteroatoms. The fourth-order valence-electron chi connectivity index (χ4n) is 1.75.